The molecule has 0 radical (unpaired) electrons. The van der Waals surface area contributed by atoms with Gasteiger partial charge in [-0.05, 0) is 40.0 Å². The van der Waals surface area contributed by atoms with Gasteiger partial charge in [0.05, 0.1) is 11.4 Å². The molecule has 0 amide bonds. The van der Waals surface area contributed by atoms with Crippen LogP contribution in [0.1, 0.15) is 45.5 Å². The summed E-state index contributed by atoms with van der Waals surface area (Å²) in [5.41, 5.74) is 1.13. The van der Waals surface area contributed by atoms with Crippen molar-refractivity contribution in [1.29, 1.82) is 0 Å². The number of aryl methyl sites for hydroxylation is 1. The van der Waals surface area contributed by atoms with Crippen LogP contribution in [0.2, 0.25) is 0 Å². The minimum Gasteiger partial charge on any atom is -0.293 e. The van der Waals surface area contributed by atoms with Gasteiger partial charge in [0, 0.05) is 32.7 Å². The molecule has 2 aromatic rings. The second kappa shape index (κ2) is 8.26. The summed E-state index contributed by atoms with van der Waals surface area (Å²) in [5.74, 6) is 0.830. The number of hydrogen-bond donors (Lipinski definition) is 0. The molecule has 1 aliphatic rings. The van der Waals surface area contributed by atoms with Gasteiger partial charge in [0.15, 0.2) is 5.82 Å². The maximum absolute atomic E-state index is 13.0. The van der Waals surface area contributed by atoms with E-state index in [1.165, 1.54) is 0 Å². The second-order valence-corrected chi connectivity index (χ2v) is 10.2. The molecule has 154 valence electrons. The Hall–Kier alpha value is -1.84. The third-order valence-electron chi connectivity index (χ3n) is 5.10. The average Bonchev–Trinajstić information content (AvgIpc) is 3.09. The lowest BCUT2D eigenvalue weighted by Crippen LogP contribution is -2.48. The van der Waals surface area contributed by atoms with Gasteiger partial charge in [0.1, 0.15) is 0 Å². The van der Waals surface area contributed by atoms with Crippen molar-refractivity contribution < 1.29 is 8.42 Å². The quantitative estimate of drug-likeness (QED) is 0.728. The first kappa shape index (κ1) is 20.9. The number of rotatable bonds is 6. The molecule has 0 aliphatic carbocycles. The Balaban J connectivity index is 1.62. The minimum absolute atomic E-state index is 0.00110. The lowest BCUT2D eigenvalue weighted by Gasteiger charge is -2.33. The number of nitrogens with zero attached hydrogens (tertiary/aromatic N) is 6. The van der Waals surface area contributed by atoms with E-state index < -0.39 is 10.0 Å². The van der Waals surface area contributed by atoms with E-state index in [0.717, 1.165) is 24.4 Å². The predicted octanol–water partition coefficient (Wildman–Crippen LogP) is 1.89. The molecular formula is C19H30N6O2S. The zero-order valence-corrected chi connectivity index (χ0v) is 18.0. The first-order chi connectivity index (χ1) is 13.2. The largest absolute Gasteiger partial charge is 0.293 e. The first-order valence-corrected chi connectivity index (χ1v) is 11.2. The zero-order chi connectivity index (χ0) is 20.4. The van der Waals surface area contributed by atoms with Crippen molar-refractivity contribution in [1.82, 2.24) is 29.4 Å². The van der Waals surface area contributed by atoms with Crippen molar-refractivity contribution in [2.75, 3.05) is 26.2 Å². The molecule has 1 fully saturated rings. The fraction of sp³-hybridized carbons (Fsp3) is 0.632. The van der Waals surface area contributed by atoms with Crippen molar-refractivity contribution in [2.24, 2.45) is 0 Å². The summed E-state index contributed by atoms with van der Waals surface area (Å²) in [6.07, 6.45) is 0.970. The third-order valence-corrected chi connectivity index (χ3v) is 7.01. The van der Waals surface area contributed by atoms with Crippen LogP contribution in [-0.4, -0.2) is 64.0 Å². The SMILES string of the molecule is CCCn1nnnc1CN1CCN(S(=O)(=O)c2ccc(C(C)(C)C)cc2)CC1. The summed E-state index contributed by atoms with van der Waals surface area (Å²) in [6.45, 7) is 12.1. The Bertz CT molecular complexity index is 878. The van der Waals surface area contributed by atoms with Gasteiger partial charge in [-0.15, -0.1) is 5.10 Å². The minimum atomic E-state index is -3.47. The van der Waals surface area contributed by atoms with Gasteiger partial charge < -0.3 is 0 Å². The maximum Gasteiger partial charge on any atom is 0.243 e. The molecule has 0 N–H and O–H groups in total. The Morgan fingerprint density at radius 1 is 1.04 bits per heavy atom. The van der Waals surface area contributed by atoms with Gasteiger partial charge in [-0.3, -0.25) is 4.90 Å². The standard InChI is InChI=1S/C19H30N6O2S/c1-5-10-25-18(20-21-22-25)15-23-11-13-24(14-12-23)28(26,27)17-8-6-16(7-9-17)19(2,3)4/h6-9H,5,10-15H2,1-4H3. The highest BCUT2D eigenvalue weighted by Crippen LogP contribution is 2.25. The Morgan fingerprint density at radius 3 is 2.25 bits per heavy atom. The van der Waals surface area contributed by atoms with Crippen molar-refractivity contribution >= 4 is 10.0 Å². The Kier molecular flexibility index (Phi) is 6.16. The van der Waals surface area contributed by atoms with E-state index in [0.29, 0.717) is 37.6 Å². The zero-order valence-electron chi connectivity index (χ0n) is 17.2. The monoisotopic (exact) mass is 406 g/mol. The molecule has 0 atom stereocenters. The number of piperazine rings is 1. The van der Waals surface area contributed by atoms with E-state index in [9.17, 15) is 8.42 Å². The summed E-state index contributed by atoms with van der Waals surface area (Å²) >= 11 is 0. The van der Waals surface area contributed by atoms with E-state index >= 15 is 0 Å². The number of benzene rings is 1. The second-order valence-electron chi connectivity index (χ2n) is 8.27. The van der Waals surface area contributed by atoms with Crippen LogP contribution in [-0.2, 0) is 28.5 Å². The van der Waals surface area contributed by atoms with Gasteiger partial charge in [-0.1, -0.05) is 39.8 Å². The van der Waals surface area contributed by atoms with Crippen molar-refractivity contribution in [2.45, 2.75) is 57.5 Å². The molecule has 0 unspecified atom stereocenters. The molecule has 0 saturated carbocycles. The van der Waals surface area contributed by atoms with Crippen LogP contribution < -0.4 is 0 Å². The van der Waals surface area contributed by atoms with Gasteiger partial charge in [0.25, 0.3) is 0 Å². The highest BCUT2D eigenvalue weighted by atomic mass is 32.2. The molecule has 28 heavy (non-hydrogen) atoms. The molecule has 1 saturated heterocycles. The Labute approximate surface area is 167 Å². The third kappa shape index (κ3) is 4.59. The molecule has 3 rings (SSSR count). The highest BCUT2D eigenvalue weighted by molar-refractivity contribution is 7.89. The number of sulfonamides is 1. The van der Waals surface area contributed by atoms with Gasteiger partial charge >= 0.3 is 0 Å². The van der Waals surface area contributed by atoms with Crippen LogP contribution in [0.25, 0.3) is 0 Å². The van der Waals surface area contributed by atoms with Gasteiger partial charge in [-0.25, -0.2) is 13.1 Å². The van der Waals surface area contributed by atoms with Gasteiger partial charge in [-0.2, -0.15) is 4.31 Å². The topological polar surface area (TPSA) is 84.2 Å². The van der Waals surface area contributed by atoms with Crippen LogP contribution in [0.3, 0.4) is 0 Å². The van der Waals surface area contributed by atoms with Crippen LogP contribution in [0.15, 0.2) is 29.2 Å². The molecule has 2 heterocycles. The molecule has 1 aliphatic heterocycles. The van der Waals surface area contributed by atoms with E-state index in [2.05, 4.69) is 48.1 Å². The molecule has 9 heteroatoms. The first-order valence-electron chi connectivity index (χ1n) is 9.80. The van der Waals surface area contributed by atoms with Gasteiger partial charge in [0.2, 0.25) is 10.0 Å². The van der Waals surface area contributed by atoms with Crippen LogP contribution in [0.4, 0.5) is 0 Å². The lowest BCUT2D eigenvalue weighted by molar-refractivity contribution is 0.175. The van der Waals surface area contributed by atoms with Crippen molar-refractivity contribution in [3.63, 3.8) is 0 Å². The fourth-order valence-electron chi connectivity index (χ4n) is 3.33. The molecule has 0 bridgehead atoms. The molecule has 1 aromatic heterocycles. The van der Waals surface area contributed by atoms with E-state index in [1.807, 2.05) is 16.8 Å². The van der Waals surface area contributed by atoms with E-state index in [4.69, 9.17) is 0 Å². The molecule has 8 nitrogen and oxygen atoms in total. The van der Waals surface area contributed by atoms with E-state index in [-0.39, 0.29) is 5.41 Å². The number of aromatic nitrogens is 4. The van der Waals surface area contributed by atoms with Crippen LogP contribution >= 0.6 is 0 Å². The molecule has 0 spiro atoms. The summed E-state index contributed by atoms with van der Waals surface area (Å²) in [5, 5.41) is 11.9. The summed E-state index contributed by atoms with van der Waals surface area (Å²) < 4.78 is 29.4. The average molecular weight is 407 g/mol. The summed E-state index contributed by atoms with van der Waals surface area (Å²) in [6, 6.07) is 7.27. The van der Waals surface area contributed by atoms with Crippen molar-refractivity contribution in [3.8, 4) is 0 Å². The number of hydrogen-bond acceptors (Lipinski definition) is 6. The maximum atomic E-state index is 13.0. The van der Waals surface area contributed by atoms with Crippen molar-refractivity contribution in [3.05, 3.63) is 35.7 Å². The highest BCUT2D eigenvalue weighted by Gasteiger charge is 2.29. The van der Waals surface area contributed by atoms with Crippen LogP contribution in [0, 0.1) is 0 Å². The molecular weight excluding hydrogens is 376 g/mol. The Morgan fingerprint density at radius 2 is 1.68 bits per heavy atom. The lowest BCUT2D eigenvalue weighted by atomic mass is 9.87. The molecule has 1 aromatic carbocycles. The summed E-state index contributed by atoms with van der Waals surface area (Å²) in [7, 11) is -3.47. The normalized spacial score (nSPS) is 17.1. The smallest absolute Gasteiger partial charge is 0.243 e. The number of tetrazole rings is 1. The fourth-order valence-corrected chi connectivity index (χ4v) is 4.75. The predicted molar refractivity (Wildman–Crippen MR) is 107 cm³/mol. The van der Waals surface area contributed by atoms with Crippen LogP contribution in [0.5, 0.6) is 0 Å². The van der Waals surface area contributed by atoms with E-state index in [1.54, 1.807) is 16.4 Å². The summed E-state index contributed by atoms with van der Waals surface area (Å²) in [4.78, 5) is 2.56.